The van der Waals surface area contributed by atoms with Crippen molar-refractivity contribution in [3.05, 3.63) is 64.5 Å². The Balaban J connectivity index is 1.49. The Labute approximate surface area is 205 Å². The summed E-state index contributed by atoms with van der Waals surface area (Å²) in [5, 5.41) is 4.19. The number of ether oxygens (including phenoxy) is 2. The highest BCUT2D eigenvalue weighted by atomic mass is 32.1. The van der Waals surface area contributed by atoms with Crippen molar-refractivity contribution in [3.8, 4) is 11.4 Å². The predicted molar refractivity (Wildman–Crippen MR) is 136 cm³/mol. The van der Waals surface area contributed by atoms with E-state index in [-0.39, 0.29) is 11.8 Å². The second-order valence-corrected chi connectivity index (χ2v) is 9.71. The number of thiazole rings is 1. The molecule has 0 bridgehead atoms. The second kappa shape index (κ2) is 8.47. The summed E-state index contributed by atoms with van der Waals surface area (Å²) < 4.78 is 16.2. The normalized spacial score (nSPS) is 14.8. The number of anilines is 2. The maximum Gasteiger partial charge on any atom is 0.332 e. The first-order chi connectivity index (χ1) is 17.0. The Morgan fingerprint density at radius 1 is 1.17 bits per heavy atom. The number of imidazole rings is 1. The molecule has 3 aromatic heterocycles. The summed E-state index contributed by atoms with van der Waals surface area (Å²) in [5.74, 6) is 1.56. The molecular formula is C25H24N6O3S. The molecule has 1 saturated heterocycles. The number of nitrogens with one attached hydrogen (secondary N) is 1. The molecule has 1 fully saturated rings. The molecule has 10 heteroatoms. The molecule has 9 nitrogen and oxygen atoms in total. The topological polar surface area (TPSA) is 96.1 Å². The smallest absolute Gasteiger partial charge is 0.332 e. The van der Waals surface area contributed by atoms with E-state index >= 15 is 0 Å². The quantitative estimate of drug-likeness (QED) is 0.383. The summed E-state index contributed by atoms with van der Waals surface area (Å²) in [7, 11) is 1.76. The van der Waals surface area contributed by atoms with Crippen LogP contribution in [0.2, 0.25) is 0 Å². The van der Waals surface area contributed by atoms with Crippen LogP contribution in [0.5, 0.6) is 5.75 Å². The van der Waals surface area contributed by atoms with Crippen molar-refractivity contribution in [2.45, 2.75) is 20.0 Å². The highest BCUT2D eigenvalue weighted by molar-refractivity contribution is 7.16. The zero-order valence-corrected chi connectivity index (χ0v) is 20.4. The van der Waals surface area contributed by atoms with Crippen LogP contribution >= 0.6 is 11.3 Å². The van der Waals surface area contributed by atoms with Gasteiger partial charge in [0.25, 0.3) is 0 Å². The minimum atomic E-state index is -0.126. The predicted octanol–water partition coefficient (Wildman–Crippen LogP) is 4.19. The van der Waals surface area contributed by atoms with Crippen LogP contribution in [0.15, 0.2) is 53.2 Å². The second-order valence-electron chi connectivity index (χ2n) is 8.82. The van der Waals surface area contributed by atoms with E-state index in [2.05, 4.69) is 26.3 Å². The van der Waals surface area contributed by atoms with Crippen LogP contribution in [-0.2, 0) is 11.8 Å². The van der Waals surface area contributed by atoms with E-state index in [1.165, 1.54) is 6.33 Å². The lowest BCUT2D eigenvalue weighted by molar-refractivity contribution is -0.0773. The first-order valence-corrected chi connectivity index (χ1v) is 12.2. The fraction of sp³-hybridized carbons (Fsp3) is 0.280. The lowest BCUT2D eigenvalue weighted by atomic mass is 10.0. The van der Waals surface area contributed by atoms with Crippen molar-refractivity contribution in [1.82, 2.24) is 24.1 Å². The molecule has 0 spiro atoms. The van der Waals surface area contributed by atoms with Gasteiger partial charge in [-0.05, 0) is 38.1 Å². The van der Waals surface area contributed by atoms with E-state index in [1.54, 1.807) is 27.5 Å². The molecule has 0 aliphatic carbocycles. The van der Waals surface area contributed by atoms with E-state index in [4.69, 9.17) is 9.47 Å². The maximum absolute atomic E-state index is 12.8. The Hall–Kier alpha value is -3.76. The summed E-state index contributed by atoms with van der Waals surface area (Å²) in [4.78, 5) is 26.3. The zero-order chi connectivity index (χ0) is 24.1. The minimum Gasteiger partial charge on any atom is -0.489 e. The summed E-state index contributed by atoms with van der Waals surface area (Å²) in [6, 6.07) is 9.79. The standard InChI is InChI=1S/C25H24N6O3S/c1-14-9-31(25(32)30(14)3)18-7-20-23(21(8-18)34-15(2)16-10-33-11-16)24(27-12-26-20)29-17-4-5-19-22(6-17)35-13-28-19/h4-9,12-13,15-16H,10-11H2,1-3H3,(H,26,27,29)/t15-/m1/s1. The number of aryl methyl sites for hydroxylation is 1. The van der Waals surface area contributed by atoms with Gasteiger partial charge in [-0.15, -0.1) is 11.3 Å². The molecule has 1 N–H and O–H groups in total. The number of hydrogen-bond acceptors (Lipinski definition) is 8. The van der Waals surface area contributed by atoms with Crippen LogP contribution in [-0.4, -0.2) is 43.4 Å². The summed E-state index contributed by atoms with van der Waals surface area (Å²) in [6.07, 6.45) is 3.27. The van der Waals surface area contributed by atoms with Gasteiger partial charge in [-0.2, -0.15) is 0 Å². The van der Waals surface area contributed by atoms with Crippen molar-refractivity contribution >= 4 is 44.0 Å². The largest absolute Gasteiger partial charge is 0.489 e. The summed E-state index contributed by atoms with van der Waals surface area (Å²) in [5.41, 5.74) is 5.79. The molecule has 5 aromatic rings. The first kappa shape index (κ1) is 21.8. The molecule has 6 rings (SSSR count). The van der Waals surface area contributed by atoms with E-state index in [0.29, 0.717) is 41.9 Å². The van der Waals surface area contributed by atoms with Crippen LogP contribution in [0.3, 0.4) is 0 Å². The fourth-order valence-electron chi connectivity index (χ4n) is 4.18. The number of hydrogen-bond donors (Lipinski definition) is 1. The number of nitrogens with zero attached hydrogens (tertiary/aromatic N) is 5. The Kier molecular flexibility index (Phi) is 5.27. The molecule has 0 radical (unpaired) electrons. The van der Waals surface area contributed by atoms with Gasteiger partial charge in [0.2, 0.25) is 0 Å². The van der Waals surface area contributed by atoms with E-state index in [0.717, 1.165) is 27.0 Å². The van der Waals surface area contributed by atoms with E-state index in [9.17, 15) is 4.79 Å². The monoisotopic (exact) mass is 488 g/mol. The Morgan fingerprint density at radius 3 is 2.77 bits per heavy atom. The third-order valence-electron chi connectivity index (χ3n) is 6.54. The molecule has 1 atom stereocenters. The lowest BCUT2D eigenvalue weighted by Gasteiger charge is -2.32. The molecule has 0 unspecified atom stereocenters. The van der Waals surface area contributed by atoms with Crippen LogP contribution in [0.1, 0.15) is 12.6 Å². The minimum absolute atomic E-state index is 0.0713. The Morgan fingerprint density at radius 2 is 2.03 bits per heavy atom. The number of aromatic nitrogens is 5. The maximum atomic E-state index is 12.8. The molecule has 1 aliphatic rings. The van der Waals surface area contributed by atoms with Crippen molar-refractivity contribution in [2.75, 3.05) is 18.5 Å². The molecule has 2 aromatic carbocycles. The van der Waals surface area contributed by atoms with Crippen molar-refractivity contribution < 1.29 is 9.47 Å². The van der Waals surface area contributed by atoms with Crippen molar-refractivity contribution in [1.29, 1.82) is 0 Å². The third-order valence-corrected chi connectivity index (χ3v) is 7.33. The van der Waals surface area contributed by atoms with Crippen LogP contribution in [0.25, 0.3) is 26.8 Å². The van der Waals surface area contributed by atoms with Gasteiger partial charge in [0, 0.05) is 36.6 Å². The Bertz CT molecular complexity index is 1620. The summed E-state index contributed by atoms with van der Waals surface area (Å²) >= 11 is 1.59. The van der Waals surface area contributed by atoms with Crippen molar-refractivity contribution in [3.63, 3.8) is 0 Å². The average Bonchev–Trinajstić information content (AvgIpc) is 3.37. The molecule has 1 aliphatic heterocycles. The van der Waals surface area contributed by atoms with E-state index < -0.39 is 0 Å². The number of rotatable bonds is 6. The number of benzene rings is 2. The molecular weight excluding hydrogens is 464 g/mol. The van der Waals surface area contributed by atoms with Gasteiger partial charge in [-0.3, -0.25) is 9.13 Å². The highest BCUT2D eigenvalue weighted by Gasteiger charge is 2.28. The SMILES string of the molecule is Cc1cn(-c2cc(O[C@H](C)C3COC3)c3c(Nc4ccc5ncsc5c4)ncnc3c2)c(=O)n1C. The first-order valence-electron chi connectivity index (χ1n) is 11.4. The van der Waals surface area contributed by atoms with Gasteiger partial charge >= 0.3 is 5.69 Å². The molecule has 178 valence electrons. The van der Waals surface area contributed by atoms with Crippen LogP contribution in [0, 0.1) is 12.8 Å². The number of fused-ring (bicyclic) bond motifs is 2. The third kappa shape index (κ3) is 3.84. The van der Waals surface area contributed by atoms with Gasteiger partial charge in [0.1, 0.15) is 24.0 Å². The lowest BCUT2D eigenvalue weighted by Crippen LogP contribution is -2.39. The summed E-state index contributed by atoms with van der Waals surface area (Å²) in [6.45, 7) is 5.29. The van der Waals surface area contributed by atoms with E-state index in [1.807, 2.05) is 49.8 Å². The average molecular weight is 489 g/mol. The molecule has 0 amide bonds. The van der Waals surface area contributed by atoms with Crippen LogP contribution in [0.4, 0.5) is 11.5 Å². The molecule has 0 saturated carbocycles. The van der Waals surface area contributed by atoms with Crippen LogP contribution < -0.4 is 15.7 Å². The fourth-order valence-corrected chi connectivity index (χ4v) is 4.90. The van der Waals surface area contributed by atoms with Crippen molar-refractivity contribution in [2.24, 2.45) is 13.0 Å². The van der Waals surface area contributed by atoms with Gasteiger partial charge in [0.15, 0.2) is 0 Å². The van der Waals surface area contributed by atoms with Gasteiger partial charge in [-0.1, -0.05) is 0 Å². The highest BCUT2D eigenvalue weighted by Crippen LogP contribution is 2.36. The zero-order valence-electron chi connectivity index (χ0n) is 19.6. The molecule has 4 heterocycles. The van der Waals surface area contributed by atoms with Gasteiger partial charge in [0.05, 0.1) is 45.5 Å². The van der Waals surface area contributed by atoms with Gasteiger partial charge < -0.3 is 14.8 Å². The molecule has 35 heavy (non-hydrogen) atoms. The van der Waals surface area contributed by atoms with Gasteiger partial charge in [-0.25, -0.2) is 19.7 Å².